The molecule has 0 spiro atoms. The lowest BCUT2D eigenvalue weighted by molar-refractivity contribution is -0.282. The maximum absolute atomic E-state index is 13.9. The van der Waals surface area contributed by atoms with Crippen molar-refractivity contribution in [3.05, 3.63) is 0 Å². The van der Waals surface area contributed by atoms with Crippen molar-refractivity contribution < 1.29 is 141 Å². The van der Waals surface area contributed by atoms with E-state index in [-0.39, 0.29) is 204 Å². The zero-order valence-corrected chi connectivity index (χ0v) is 66.6. The summed E-state index contributed by atoms with van der Waals surface area (Å²) in [4.78, 5) is 127. The number of rotatable bonds is 63. The maximum atomic E-state index is 13.9. The molecule has 0 radical (unpaired) electrons. The van der Waals surface area contributed by atoms with Gasteiger partial charge >= 0.3 is 0 Å². The third-order valence-corrected chi connectivity index (χ3v) is 18.5. The third kappa shape index (κ3) is 43.6. The second-order valence-corrected chi connectivity index (χ2v) is 28.8. The van der Waals surface area contributed by atoms with Crippen molar-refractivity contribution in [2.24, 2.45) is 5.92 Å². The summed E-state index contributed by atoms with van der Waals surface area (Å²) in [5, 5.41) is 118. The van der Waals surface area contributed by atoms with Crippen LogP contribution >= 0.6 is 0 Å². The Labute approximate surface area is 662 Å². The van der Waals surface area contributed by atoms with E-state index in [4.69, 9.17) is 47.4 Å². The van der Waals surface area contributed by atoms with Gasteiger partial charge in [-0.1, -0.05) is 19.8 Å². The van der Waals surface area contributed by atoms with Crippen LogP contribution in [0.3, 0.4) is 0 Å². The van der Waals surface area contributed by atoms with Crippen LogP contribution in [0.5, 0.6) is 0 Å². The number of hydrogen-bond acceptors (Lipinski definition) is 29. The molecule has 19 N–H and O–H groups in total. The molecule has 0 aliphatic carbocycles. The average Bonchev–Trinajstić information content (AvgIpc) is 0.777. The lowest BCUT2D eigenvalue weighted by Gasteiger charge is -2.42. The Hall–Kier alpha value is -6.06. The Morgan fingerprint density at radius 2 is 0.646 bits per heavy atom. The first-order chi connectivity index (χ1) is 54.1. The standard InChI is InChI=1S/C74H134N10O29/c1-48(2)107-35-12-7-6-11-28-75-58(93)23-16-24-62(97)84-74(45-104-39-25-59(94)79-32-17-29-76-55(90)20-8-13-36-108-71-49(3)65(98)66(99)52(42-85)111-71,46-105-40-26-60(95)80-33-18-30-77-56(91)21-9-14-37-109-72-63(82-50(4)88)69(102)67(100)53(43-86)112-72)47-106-41-27-61(96)81-34-19-31-78-57(92)22-10-15-38-110-73-64(83-51(5)89)70(103)68(101)54(44-87)113-73/h48-49,52-54,63-73,85-87,98-103H,6-47H2,1-5H3,(H,75,93)(H,76,90)(H,77,91)(H,78,92)(H,79,94)(H,80,95)(H,81,96)(H,82,88)(H,83,89)(H,84,97)/t49?,52?,53?,54?,63?,64?,65-,66+,67+,68+,69-,70-,71-,72-,73-,74?/m1/s1. The van der Waals surface area contributed by atoms with E-state index in [0.29, 0.717) is 70.9 Å². The van der Waals surface area contributed by atoms with E-state index >= 15 is 0 Å². The van der Waals surface area contributed by atoms with Gasteiger partial charge in [0.1, 0.15) is 66.5 Å². The molecule has 0 aromatic rings. The van der Waals surface area contributed by atoms with Crippen LogP contribution in [0.25, 0.3) is 0 Å². The Morgan fingerprint density at radius 1 is 0.345 bits per heavy atom. The molecule has 3 heterocycles. The molecule has 113 heavy (non-hydrogen) atoms. The molecule has 39 nitrogen and oxygen atoms in total. The summed E-state index contributed by atoms with van der Waals surface area (Å²) < 4.78 is 57.7. The SMILES string of the molecule is CC(=O)NC1[C@H](OCCCCC(=O)NCCCNC(=O)CCOCC(COCCC(=O)NCCCNC(=O)CCCCO[C@@H]2OC(CO)[C@H](O)[C@H](O)C2C)(COCCC(=O)NCCCNC(=O)CCCCO[C@@H]2OC(CO)[C@H](O)[C@H](O)C2NC(C)=O)NC(=O)CCCC(=O)NCCCCCCOC(C)C)OC(CO)[C@H](O)[C@@H]1O. The van der Waals surface area contributed by atoms with E-state index in [2.05, 4.69) is 53.2 Å². The molecule has 15 atom stereocenters. The zero-order valence-electron chi connectivity index (χ0n) is 66.6. The van der Waals surface area contributed by atoms with Gasteiger partial charge in [0.2, 0.25) is 59.1 Å². The molecule has 0 aromatic heterocycles. The van der Waals surface area contributed by atoms with Crippen molar-refractivity contribution in [3.8, 4) is 0 Å². The number of hydrogen-bond donors (Lipinski definition) is 19. The molecule has 0 bridgehead atoms. The molecule has 3 fully saturated rings. The topological polar surface area (TPSA) is 565 Å². The Kier molecular flexibility index (Phi) is 53.3. The fourth-order valence-corrected chi connectivity index (χ4v) is 12.1. The van der Waals surface area contributed by atoms with Gasteiger partial charge in [0.25, 0.3) is 0 Å². The number of unbranched alkanes of at least 4 members (excludes halogenated alkanes) is 6. The first-order valence-corrected chi connectivity index (χ1v) is 39.9. The van der Waals surface area contributed by atoms with Crippen LogP contribution < -0.4 is 53.2 Å². The smallest absolute Gasteiger partial charge is 0.222 e. The maximum Gasteiger partial charge on any atom is 0.222 e. The first-order valence-electron chi connectivity index (χ1n) is 39.9. The zero-order chi connectivity index (χ0) is 83.4. The third-order valence-electron chi connectivity index (χ3n) is 18.5. The number of aliphatic hydroxyl groups excluding tert-OH is 9. The van der Waals surface area contributed by atoms with E-state index in [1.807, 2.05) is 13.8 Å². The molecule has 0 aromatic carbocycles. The molecule has 0 saturated carbocycles. The summed E-state index contributed by atoms with van der Waals surface area (Å²) in [6.07, 6.45) is -6.96. The number of ether oxygens (including phenoxy) is 10. The van der Waals surface area contributed by atoms with Gasteiger partial charge in [0.05, 0.1) is 71.7 Å². The fourth-order valence-electron chi connectivity index (χ4n) is 12.1. The molecule has 3 rings (SSSR count). The van der Waals surface area contributed by atoms with Crippen molar-refractivity contribution in [3.63, 3.8) is 0 Å². The van der Waals surface area contributed by atoms with Gasteiger partial charge < -0.3 is 146 Å². The van der Waals surface area contributed by atoms with Gasteiger partial charge in [-0.3, -0.25) is 47.9 Å². The second-order valence-electron chi connectivity index (χ2n) is 28.8. The molecule has 654 valence electrons. The van der Waals surface area contributed by atoms with Gasteiger partial charge in [-0.25, -0.2) is 0 Å². The molecule has 10 amide bonds. The van der Waals surface area contributed by atoms with Crippen molar-refractivity contribution in [1.29, 1.82) is 0 Å². The summed E-state index contributed by atoms with van der Waals surface area (Å²) in [7, 11) is 0. The molecule has 3 aliphatic heterocycles. The lowest BCUT2D eigenvalue weighted by Crippen LogP contribution is -2.64. The molecule has 6 unspecified atom stereocenters. The monoisotopic (exact) mass is 1630 g/mol. The summed E-state index contributed by atoms with van der Waals surface area (Å²) in [5.74, 6) is -4.12. The molecule has 3 aliphatic rings. The average molecular weight is 1630 g/mol. The molecular formula is C74H134N10O29. The van der Waals surface area contributed by atoms with Gasteiger partial charge in [-0.15, -0.1) is 0 Å². The van der Waals surface area contributed by atoms with Gasteiger partial charge in [-0.2, -0.15) is 0 Å². The van der Waals surface area contributed by atoms with E-state index < -0.39 is 135 Å². The summed E-state index contributed by atoms with van der Waals surface area (Å²) in [6, 6.07) is -2.19. The predicted octanol–water partition coefficient (Wildman–Crippen LogP) is -4.28. The summed E-state index contributed by atoms with van der Waals surface area (Å²) >= 11 is 0. The van der Waals surface area contributed by atoms with E-state index in [1.165, 1.54) is 13.8 Å². The largest absolute Gasteiger partial charge is 0.394 e. The van der Waals surface area contributed by atoms with Crippen LogP contribution in [-0.2, 0) is 95.3 Å². The van der Waals surface area contributed by atoms with Crippen molar-refractivity contribution in [2.75, 3.05) is 132 Å². The summed E-state index contributed by atoms with van der Waals surface area (Å²) in [5.41, 5.74) is -1.48. The van der Waals surface area contributed by atoms with Gasteiger partial charge in [0.15, 0.2) is 18.9 Å². The van der Waals surface area contributed by atoms with Gasteiger partial charge in [-0.05, 0) is 90.9 Å². The first kappa shape index (κ1) is 101. The quantitative estimate of drug-likeness (QED) is 0.0256. The molecule has 39 heteroatoms. The van der Waals surface area contributed by atoms with Crippen LogP contribution in [0, 0.1) is 5.92 Å². The molecular weight excluding hydrogens is 1490 g/mol. The van der Waals surface area contributed by atoms with Crippen LogP contribution in [-0.4, -0.2) is 334 Å². The van der Waals surface area contributed by atoms with Crippen molar-refractivity contribution in [2.45, 2.75) is 273 Å². The van der Waals surface area contributed by atoms with Crippen LogP contribution in [0.15, 0.2) is 0 Å². The highest BCUT2D eigenvalue weighted by molar-refractivity contribution is 5.80. The highest BCUT2D eigenvalue weighted by Gasteiger charge is 2.47. The predicted molar refractivity (Wildman–Crippen MR) is 403 cm³/mol. The highest BCUT2D eigenvalue weighted by atomic mass is 16.7. The minimum absolute atomic E-state index is 0.0528. The Bertz CT molecular complexity index is 2610. The van der Waals surface area contributed by atoms with Crippen molar-refractivity contribution >= 4 is 59.1 Å². The number of amides is 10. The number of carbonyl (C=O) groups excluding carboxylic acids is 10. The minimum atomic E-state index is -1.48. The number of aliphatic hydroxyl groups is 9. The summed E-state index contributed by atoms with van der Waals surface area (Å²) in [6.45, 7) is 7.98. The number of nitrogens with one attached hydrogen (secondary N) is 10. The van der Waals surface area contributed by atoms with E-state index in [9.17, 15) is 93.9 Å². The molecule has 3 saturated heterocycles. The van der Waals surface area contributed by atoms with Crippen LogP contribution in [0.2, 0.25) is 0 Å². The minimum Gasteiger partial charge on any atom is -0.394 e. The van der Waals surface area contributed by atoms with Gasteiger partial charge in [0, 0.05) is 143 Å². The highest BCUT2D eigenvalue weighted by Crippen LogP contribution is 2.28. The Balaban J connectivity index is 1.57. The normalized spacial score (nSPS) is 24.1. The van der Waals surface area contributed by atoms with Crippen molar-refractivity contribution in [1.82, 2.24) is 53.2 Å². The van der Waals surface area contributed by atoms with Crippen LogP contribution in [0.1, 0.15) is 176 Å². The van der Waals surface area contributed by atoms with E-state index in [0.717, 1.165) is 25.7 Å². The Morgan fingerprint density at radius 3 is 1.00 bits per heavy atom. The second kappa shape index (κ2) is 59.6. The number of carbonyl (C=O) groups is 10. The lowest BCUT2D eigenvalue weighted by atomic mass is 9.92. The van der Waals surface area contributed by atoms with E-state index in [1.54, 1.807) is 6.92 Å². The fraction of sp³-hybridized carbons (Fsp3) is 0.865. The van der Waals surface area contributed by atoms with Crippen LogP contribution in [0.4, 0.5) is 0 Å².